The van der Waals surface area contributed by atoms with Gasteiger partial charge in [0.15, 0.2) is 11.7 Å². The van der Waals surface area contributed by atoms with Gasteiger partial charge in [0.25, 0.3) is 0 Å². The van der Waals surface area contributed by atoms with Crippen LogP contribution in [0.1, 0.15) is 22.9 Å². The third kappa shape index (κ3) is 5.10. The lowest BCUT2D eigenvalue weighted by Gasteiger charge is -2.25. The van der Waals surface area contributed by atoms with Gasteiger partial charge >= 0.3 is 0 Å². The van der Waals surface area contributed by atoms with E-state index in [4.69, 9.17) is 20.0 Å². The van der Waals surface area contributed by atoms with Crippen molar-refractivity contribution in [3.8, 4) is 22.6 Å². The zero-order chi connectivity index (χ0) is 34.4. The van der Waals surface area contributed by atoms with Crippen molar-refractivity contribution in [3.05, 3.63) is 193 Å². The second kappa shape index (κ2) is 12.4. The van der Waals surface area contributed by atoms with Crippen LogP contribution in [0.2, 0.25) is 0 Å². The molecule has 1 aromatic heterocycles. The Morgan fingerprint density at radius 1 is 0.442 bits per heavy atom. The molecule has 5 heteroatoms. The van der Waals surface area contributed by atoms with E-state index < -0.39 is 0 Å². The van der Waals surface area contributed by atoms with Crippen LogP contribution in [0.15, 0.2) is 186 Å². The lowest BCUT2D eigenvalue weighted by Crippen LogP contribution is -2.33. The molecule has 9 aromatic rings. The Morgan fingerprint density at radius 2 is 1.00 bits per heavy atom. The molecule has 8 aromatic carbocycles. The van der Waals surface area contributed by atoms with Crippen molar-refractivity contribution in [1.29, 1.82) is 0 Å². The fraction of sp³-hybridized carbons (Fsp3) is 0.0213. The number of amidine groups is 2. The van der Waals surface area contributed by atoms with Gasteiger partial charge in [-0.1, -0.05) is 158 Å². The fourth-order valence-corrected chi connectivity index (χ4v) is 7.48. The van der Waals surface area contributed by atoms with Crippen LogP contribution < -0.4 is 5.32 Å². The standard InChI is InChI=1S/C47H31N5/c1-4-16-30(17-5-1)44-48-41-27-15-14-26-38(41)43(49-44)33-28-39-36-24-11-10-22-34(36)35-23-12-13-25-37(35)42(39)40(29-33)47-51-45(31-18-6-2-7-19-31)50-46(52-47)32-20-8-3-9-21-32/h1-29,45H,(H,50,51,52). The zero-order valence-electron chi connectivity index (χ0n) is 28.1. The number of hydrogen-bond donors (Lipinski definition) is 1. The number of aromatic nitrogens is 2. The molecular formula is C47H31N5. The summed E-state index contributed by atoms with van der Waals surface area (Å²) in [6.45, 7) is 0. The maximum absolute atomic E-state index is 5.38. The van der Waals surface area contributed by atoms with E-state index in [1.807, 2.05) is 48.5 Å². The lowest BCUT2D eigenvalue weighted by atomic mass is 9.89. The van der Waals surface area contributed by atoms with Gasteiger partial charge in [-0.25, -0.2) is 20.0 Å². The second-order valence-electron chi connectivity index (χ2n) is 13.1. The molecule has 244 valence electrons. The summed E-state index contributed by atoms with van der Waals surface area (Å²) in [7, 11) is 0. The highest BCUT2D eigenvalue weighted by molar-refractivity contribution is 6.31. The predicted octanol–water partition coefficient (Wildman–Crippen LogP) is 10.9. The average molecular weight is 666 g/mol. The molecule has 2 heterocycles. The first-order valence-electron chi connectivity index (χ1n) is 17.5. The van der Waals surface area contributed by atoms with Crippen LogP contribution in [0.25, 0.3) is 65.9 Å². The Labute approximate surface area is 300 Å². The Bertz CT molecular complexity index is 2860. The van der Waals surface area contributed by atoms with Gasteiger partial charge < -0.3 is 5.32 Å². The first-order chi connectivity index (χ1) is 25.8. The van der Waals surface area contributed by atoms with Gasteiger partial charge in [0.05, 0.1) is 11.2 Å². The fourth-order valence-electron chi connectivity index (χ4n) is 7.48. The van der Waals surface area contributed by atoms with Gasteiger partial charge in [-0.15, -0.1) is 0 Å². The Hall–Kier alpha value is -6.98. The van der Waals surface area contributed by atoms with Crippen molar-refractivity contribution in [2.24, 2.45) is 9.98 Å². The number of nitrogens with zero attached hydrogens (tertiary/aromatic N) is 4. The van der Waals surface area contributed by atoms with E-state index in [2.05, 4.69) is 133 Å². The van der Waals surface area contributed by atoms with E-state index >= 15 is 0 Å². The molecule has 0 radical (unpaired) electrons. The van der Waals surface area contributed by atoms with Crippen LogP contribution in [0.5, 0.6) is 0 Å². The van der Waals surface area contributed by atoms with Crippen LogP contribution >= 0.6 is 0 Å². The summed E-state index contributed by atoms with van der Waals surface area (Å²) in [5.41, 5.74) is 6.73. The molecule has 1 aliphatic heterocycles. The molecule has 0 spiro atoms. The lowest BCUT2D eigenvalue weighted by molar-refractivity contribution is 0.674. The molecule has 1 unspecified atom stereocenters. The van der Waals surface area contributed by atoms with E-state index in [1.54, 1.807) is 0 Å². The maximum atomic E-state index is 5.38. The van der Waals surface area contributed by atoms with Crippen LogP contribution in [0.4, 0.5) is 0 Å². The maximum Gasteiger partial charge on any atom is 0.160 e. The van der Waals surface area contributed by atoms with Crippen LogP contribution in [0, 0.1) is 0 Å². The number of benzene rings is 8. The molecule has 0 fully saturated rings. The highest BCUT2D eigenvalue weighted by atomic mass is 15.2. The van der Waals surface area contributed by atoms with Crippen molar-refractivity contribution in [2.45, 2.75) is 6.17 Å². The average Bonchev–Trinajstić information content (AvgIpc) is 3.23. The number of aliphatic imine (C=N–C) groups is 2. The van der Waals surface area contributed by atoms with E-state index in [0.29, 0.717) is 11.7 Å². The minimum atomic E-state index is -0.334. The van der Waals surface area contributed by atoms with Crippen molar-refractivity contribution >= 4 is 54.9 Å². The molecular weight excluding hydrogens is 635 g/mol. The number of hydrogen-bond acceptors (Lipinski definition) is 5. The summed E-state index contributed by atoms with van der Waals surface area (Å²) in [6.07, 6.45) is -0.334. The SMILES string of the molecule is c1ccc(C2=NC(c3cc(-c4nc(-c5ccccc5)nc5ccccc45)cc4c5ccccc5c5ccccc5c34)=NC(c3ccccc3)N2)cc1. The van der Waals surface area contributed by atoms with Crippen molar-refractivity contribution in [3.63, 3.8) is 0 Å². The summed E-state index contributed by atoms with van der Waals surface area (Å²) >= 11 is 0. The number of nitrogens with one attached hydrogen (secondary N) is 1. The molecule has 1 N–H and O–H groups in total. The van der Waals surface area contributed by atoms with Gasteiger partial charge in [0.2, 0.25) is 0 Å². The topological polar surface area (TPSA) is 62.5 Å². The highest BCUT2D eigenvalue weighted by Crippen LogP contribution is 2.41. The minimum absolute atomic E-state index is 0.334. The minimum Gasteiger partial charge on any atom is -0.344 e. The molecule has 0 saturated carbocycles. The van der Waals surface area contributed by atoms with Gasteiger partial charge in [-0.05, 0) is 50.7 Å². The first kappa shape index (κ1) is 29.9. The third-order valence-corrected chi connectivity index (χ3v) is 9.90. The normalized spacial score (nSPS) is 14.3. The molecule has 52 heavy (non-hydrogen) atoms. The summed E-state index contributed by atoms with van der Waals surface area (Å²) in [4.78, 5) is 21.0. The molecule has 10 rings (SSSR count). The predicted molar refractivity (Wildman–Crippen MR) is 215 cm³/mol. The van der Waals surface area contributed by atoms with E-state index in [-0.39, 0.29) is 6.17 Å². The van der Waals surface area contributed by atoms with E-state index in [9.17, 15) is 0 Å². The zero-order valence-corrected chi connectivity index (χ0v) is 28.1. The number of para-hydroxylation sites is 1. The number of fused-ring (bicyclic) bond motifs is 7. The van der Waals surface area contributed by atoms with Crippen LogP contribution in [0.3, 0.4) is 0 Å². The second-order valence-corrected chi connectivity index (χ2v) is 13.1. The van der Waals surface area contributed by atoms with Crippen molar-refractivity contribution in [2.75, 3.05) is 0 Å². The third-order valence-electron chi connectivity index (χ3n) is 9.90. The smallest absolute Gasteiger partial charge is 0.160 e. The summed E-state index contributed by atoms with van der Waals surface area (Å²) in [6, 6.07) is 61.0. The first-order valence-corrected chi connectivity index (χ1v) is 17.5. The highest BCUT2D eigenvalue weighted by Gasteiger charge is 2.25. The molecule has 5 nitrogen and oxygen atoms in total. The summed E-state index contributed by atoms with van der Waals surface area (Å²) < 4.78 is 0. The van der Waals surface area contributed by atoms with E-state index in [0.717, 1.165) is 66.4 Å². The molecule has 0 aliphatic carbocycles. The monoisotopic (exact) mass is 665 g/mol. The Morgan fingerprint density at radius 3 is 1.71 bits per heavy atom. The number of rotatable bonds is 5. The van der Waals surface area contributed by atoms with Gasteiger partial charge in [0.1, 0.15) is 12.0 Å². The Kier molecular flexibility index (Phi) is 7.14. The quantitative estimate of drug-likeness (QED) is 0.186. The van der Waals surface area contributed by atoms with Gasteiger partial charge in [-0.3, -0.25) is 0 Å². The van der Waals surface area contributed by atoms with Crippen molar-refractivity contribution in [1.82, 2.24) is 15.3 Å². The molecule has 1 aliphatic rings. The van der Waals surface area contributed by atoms with Crippen LogP contribution in [-0.4, -0.2) is 21.6 Å². The molecule has 0 saturated heterocycles. The summed E-state index contributed by atoms with van der Waals surface area (Å²) in [5, 5.41) is 11.6. The van der Waals surface area contributed by atoms with Gasteiger partial charge in [0, 0.05) is 33.0 Å². The summed E-state index contributed by atoms with van der Waals surface area (Å²) in [5.74, 6) is 2.13. The largest absolute Gasteiger partial charge is 0.344 e. The Balaban J connectivity index is 1.33. The van der Waals surface area contributed by atoms with Crippen molar-refractivity contribution < 1.29 is 0 Å². The van der Waals surface area contributed by atoms with Gasteiger partial charge in [-0.2, -0.15) is 0 Å². The molecule has 0 amide bonds. The van der Waals surface area contributed by atoms with Crippen LogP contribution in [-0.2, 0) is 0 Å². The van der Waals surface area contributed by atoms with E-state index in [1.165, 1.54) is 16.2 Å². The molecule has 0 bridgehead atoms. The molecule has 1 atom stereocenters.